The molecule has 1 aromatic heterocycles. The van der Waals surface area contributed by atoms with Crippen molar-refractivity contribution in [2.45, 2.75) is 20.0 Å². The number of nitrogens with zero attached hydrogens (tertiary/aromatic N) is 3. The Labute approximate surface area is 146 Å². The Kier molecular flexibility index (Phi) is 5.60. The largest absolute Gasteiger partial charge is 0.379 e. The molecule has 0 unspecified atom stereocenters. The Bertz CT molecular complexity index is 681. The second kappa shape index (κ2) is 7.88. The molecular formula is C18H23N3O2S. The van der Waals surface area contributed by atoms with Gasteiger partial charge in [0, 0.05) is 26.7 Å². The van der Waals surface area contributed by atoms with Crippen LogP contribution in [-0.2, 0) is 17.8 Å². The number of ether oxygens (including phenoxy) is 1. The van der Waals surface area contributed by atoms with Gasteiger partial charge in [-0.2, -0.15) is 0 Å². The molecular weight excluding hydrogens is 322 g/mol. The summed E-state index contributed by atoms with van der Waals surface area (Å²) < 4.78 is 5.37. The third-order valence-electron chi connectivity index (χ3n) is 4.11. The molecule has 0 N–H and O–H groups in total. The van der Waals surface area contributed by atoms with Crippen LogP contribution in [-0.4, -0.2) is 54.0 Å². The lowest BCUT2D eigenvalue weighted by molar-refractivity contribution is 0.0341. The molecule has 128 valence electrons. The van der Waals surface area contributed by atoms with Gasteiger partial charge in [0.15, 0.2) is 0 Å². The van der Waals surface area contributed by atoms with E-state index in [1.54, 1.807) is 4.90 Å². The van der Waals surface area contributed by atoms with Crippen molar-refractivity contribution in [1.82, 2.24) is 14.8 Å². The van der Waals surface area contributed by atoms with E-state index in [0.717, 1.165) is 54.0 Å². The number of hydrogen-bond donors (Lipinski definition) is 0. The molecule has 1 aromatic carbocycles. The molecule has 1 fully saturated rings. The van der Waals surface area contributed by atoms with Crippen molar-refractivity contribution in [3.8, 4) is 0 Å². The third kappa shape index (κ3) is 4.20. The lowest BCUT2D eigenvalue weighted by Gasteiger charge is -2.25. The molecule has 1 aliphatic rings. The minimum Gasteiger partial charge on any atom is -0.379 e. The van der Waals surface area contributed by atoms with Crippen LogP contribution >= 0.6 is 11.3 Å². The van der Waals surface area contributed by atoms with Crippen LogP contribution in [0, 0.1) is 6.92 Å². The second-order valence-electron chi connectivity index (χ2n) is 6.06. The average Bonchev–Trinajstić information content (AvgIpc) is 2.96. The lowest BCUT2D eigenvalue weighted by atomic mass is 10.2. The molecule has 2 heterocycles. The summed E-state index contributed by atoms with van der Waals surface area (Å²) in [5.74, 6) is 0.0436. The van der Waals surface area contributed by atoms with Crippen molar-refractivity contribution in [2.75, 3.05) is 33.4 Å². The molecule has 1 aliphatic heterocycles. The van der Waals surface area contributed by atoms with E-state index in [4.69, 9.17) is 4.74 Å². The number of thiazole rings is 1. The average molecular weight is 345 g/mol. The number of benzene rings is 1. The van der Waals surface area contributed by atoms with Crippen LogP contribution in [0.4, 0.5) is 0 Å². The van der Waals surface area contributed by atoms with Gasteiger partial charge in [-0.25, -0.2) is 4.98 Å². The van der Waals surface area contributed by atoms with Gasteiger partial charge < -0.3 is 9.64 Å². The number of morpholine rings is 1. The molecule has 0 radical (unpaired) electrons. The van der Waals surface area contributed by atoms with Crippen LogP contribution in [0.3, 0.4) is 0 Å². The van der Waals surface area contributed by atoms with Crippen molar-refractivity contribution >= 4 is 17.2 Å². The summed E-state index contributed by atoms with van der Waals surface area (Å²) in [6.45, 7) is 6.72. The van der Waals surface area contributed by atoms with Crippen LogP contribution < -0.4 is 0 Å². The van der Waals surface area contributed by atoms with E-state index in [1.807, 2.05) is 44.3 Å². The number of amides is 1. The van der Waals surface area contributed by atoms with Gasteiger partial charge in [-0.3, -0.25) is 9.69 Å². The van der Waals surface area contributed by atoms with Crippen LogP contribution in [0.25, 0.3) is 0 Å². The fraction of sp³-hybridized carbons (Fsp3) is 0.444. The lowest BCUT2D eigenvalue weighted by Crippen LogP contribution is -2.35. The summed E-state index contributed by atoms with van der Waals surface area (Å²) in [6, 6.07) is 10.0. The van der Waals surface area contributed by atoms with E-state index < -0.39 is 0 Å². The summed E-state index contributed by atoms with van der Waals surface area (Å²) >= 11 is 1.52. The van der Waals surface area contributed by atoms with Crippen LogP contribution in [0.15, 0.2) is 30.3 Å². The van der Waals surface area contributed by atoms with E-state index in [1.165, 1.54) is 11.3 Å². The van der Waals surface area contributed by atoms with E-state index in [0.29, 0.717) is 6.54 Å². The van der Waals surface area contributed by atoms with Crippen molar-refractivity contribution in [2.24, 2.45) is 0 Å². The van der Waals surface area contributed by atoms with Crippen LogP contribution in [0.2, 0.25) is 0 Å². The van der Waals surface area contributed by atoms with Gasteiger partial charge in [0.1, 0.15) is 9.88 Å². The Morgan fingerprint density at radius 2 is 2.00 bits per heavy atom. The highest BCUT2D eigenvalue weighted by Gasteiger charge is 2.20. The maximum Gasteiger partial charge on any atom is 0.265 e. The van der Waals surface area contributed by atoms with Crippen molar-refractivity contribution in [3.63, 3.8) is 0 Å². The van der Waals surface area contributed by atoms with Crippen molar-refractivity contribution < 1.29 is 9.53 Å². The minimum absolute atomic E-state index is 0.0436. The van der Waals surface area contributed by atoms with Crippen LogP contribution in [0.5, 0.6) is 0 Å². The SMILES string of the molecule is Cc1nc(CN2CCOCC2)sc1C(=O)N(C)Cc1ccccc1. The number of aryl methyl sites for hydroxylation is 1. The summed E-state index contributed by atoms with van der Waals surface area (Å²) in [4.78, 5) is 22.2. The third-order valence-corrected chi connectivity index (χ3v) is 5.24. The predicted molar refractivity (Wildman–Crippen MR) is 95.2 cm³/mol. The zero-order valence-corrected chi connectivity index (χ0v) is 15.0. The normalized spacial score (nSPS) is 15.4. The standard InChI is InChI=1S/C18H23N3O2S/c1-14-17(18(22)20(2)12-15-6-4-3-5-7-15)24-16(19-14)13-21-8-10-23-11-9-21/h3-7H,8-13H2,1-2H3. The molecule has 0 bridgehead atoms. The fourth-order valence-corrected chi connectivity index (χ4v) is 3.87. The predicted octanol–water partition coefficient (Wildman–Crippen LogP) is 2.56. The summed E-state index contributed by atoms with van der Waals surface area (Å²) in [7, 11) is 1.84. The molecule has 5 nitrogen and oxygen atoms in total. The number of hydrogen-bond acceptors (Lipinski definition) is 5. The van der Waals surface area contributed by atoms with E-state index >= 15 is 0 Å². The quantitative estimate of drug-likeness (QED) is 0.835. The van der Waals surface area contributed by atoms with E-state index in [2.05, 4.69) is 9.88 Å². The Balaban J connectivity index is 1.66. The van der Waals surface area contributed by atoms with Gasteiger partial charge in [-0.15, -0.1) is 11.3 Å². The molecule has 1 saturated heterocycles. The molecule has 0 atom stereocenters. The molecule has 6 heteroatoms. The zero-order chi connectivity index (χ0) is 16.9. The highest BCUT2D eigenvalue weighted by molar-refractivity contribution is 7.13. The molecule has 24 heavy (non-hydrogen) atoms. The molecule has 0 saturated carbocycles. The van der Waals surface area contributed by atoms with Crippen molar-refractivity contribution in [1.29, 1.82) is 0 Å². The highest BCUT2D eigenvalue weighted by atomic mass is 32.1. The van der Waals surface area contributed by atoms with Gasteiger partial charge >= 0.3 is 0 Å². The number of rotatable bonds is 5. The monoisotopic (exact) mass is 345 g/mol. The minimum atomic E-state index is 0.0436. The maximum atomic E-state index is 12.7. The first-order chi connectivity index (χ1) is 11.6. The van der Waals surface area contributed by atoms with Crippen molar-refractivity contribution in [3.05, 3.63) is 51.5 Å². The van der Waals surface area contributed by atoms with Gasteiger partial charge in [0.05, 0.1) is 25.5 Å². The van der Waals surface area contributed by atoms with Crippen LogP contribution in [0.1, 0.15) is 25.9 Å². The van der Waals surface area contributed by atoms with Gasteiger partial charge in [-0.05, 0) is 12.5 Å². The first-order valence-corrected chi connectivity index (χ1v) is 9.01. The second-order valence-corrected chi connectivity index (χ2v) is 7.14. The summed E-state index contributed by atoms with van der Waals surface area (Å²) in [6.07, 6.45) is 0. The number of carbonyl (C=O) groups excluding carboxylic acids is 1. The van der Waals surface area contributed by atoms with Gasteiger partial charge in [-0.1, -0.05) is 30.3 Å². The fourth-order valence-electron chi connectivity index (χ4n) is 2.77. The molecule has 3 rings (SSSR count). The maximum absolute atomic E-state index is 12.7. The zero-order valence-electron chi connectivity index (χ0n) is 14.2. The molecule has 0 aliphatic carbocycles. The number of aromatic nitrogens is 1. The van der Waals surface area contributed by atoms with E-state index in [9.17, 15) is 4.79 Å². The van der Waals surface area contributed by atoms with Gasteiger partial charge in [0.2, 0.25) is 0 Å². The summed E-state index contributed by atoms with van der Waals surface area (Å²) in [5, 5.41) is 1.01. The smallest absolute Gasteiger partial charge is 0.265 e. The molecule has 2 aromatic rings. The van der Waals surface area contributed by atoms with Gasteiger partial charge in [0.25, 0.3) is 5.91 Å². The Hall–Kier alpha value is -1.76. The summed E-state index contributed by atoms with van der Waals surface area (Å²) in [5.41, 5.74) is 1.96. The Morgan fingerprint density at radius 1 is 1.29 bits per heavy atom. The highest BCUT2D eigenvalue weighted by Crippen LogP contribution is 2.22. The first kappa shape index (κ1) is 17.1. The topological polar surface area (TPSA) is 45.7 Å². The Morgan fingerprint density at radius 3 is 2.71 bits per heavy atom. The first-order valence-electron chi connectivity index (χ1n) is 8.19. The van der Waals surface area contributed by atoms with E-state index in [-0.39, 0.29) is 5.91 Å². The number of carbonyl (C=O) groups is 1. The molecule has 0 spiro atoms. The molecule has 1 amide bonds.